The molecular weight excluding hydrogens is 595 g/mol. The van der Waals surface area contributed by atoms with Gasteiger partial charge < -0.3 is 14.8 Å². The first-order chi connectivity index (χ1) is 18.2. The predicted octanol–water partition coefficient (Wildman–Crippen LogP) is 6.50. The molecular formula is C27H23BrCl2N4O4. The predicted molar refractivity (Wildman–Crippen MR) is 154 cm³/mol. The van der Waals surface area contributed by atoms with Gasteiger partial charge in [-0.25, -0.2) is 4.98 Å². The van der Waals surface area contributed by atoms with Gasteiger partial charge in [0.2, 0.25) is 0 Å². The quantitative estimate of drug-likeness (QED) is 0.228. The fraction of sp³-hybridized carbons (Fsp3) is 0.185. The number of nitrogens with one attached hydrogen (secondary N) is 1. The van der Waals surface area contributed by atoms with Crippen molar-refractivity contribution < 1.29 is 14.3 Å². The van der Waals surface area contributed by atoms with E-state index in [2.05, 4.69) is 31.3 Å². The second-order valence-electron chi connectivity index (χ2n) is 8.53. The third kappa shape index (κ3) is 6.35. The smallest absolute Gasteiger partial charge is 0.282 e. The van der Waals surface area contributed by atoms with E-state index in [9.17, 15) is 9.59 Å². The van der Waals surface area contributed by atoms with Gasteiger partial charge in [-0.15, -0.1) is 0 Å². The maximum absolute atomic E-state index is 13.2. The lowest BCUT2D eigenvalue weighted by atomic mass is 10.2. The molecule has 0 aliphatic carbocycles. The topological polar surface area (TPSA) is 94.8 Å². The minimum Gasteiger partial charge on any atom is -0.493 e. The van der Waals surface area contributed by atoms with E-state index < -0.39 is 0 Å². The molecule has 0 spiro atoms. The molecule has 0 unspecified atom stereocenters. The molecule has 38 heavy (non-hydrogen) atoms. The molecule has 196 valence electrons. The monoisotopic (exact) mass is 616 g/mol. The summed E-state index contributed by atoms with van der Waals surface area (Å²) in [7, 11) is 1.46. The van der Waals surface area contributed by atoms with Gasteiger partial charge in [-0.2, -0.15) is 9.78 Å². The largest absolute Gasteiger partial charge is 0.493 e. The number of nitrogens with zero attached hydrogens (tertiary/aromatic N) is 3. The molecule has 0 radical (unpaired) electrons. The van der Waals surface area contributed by atoms with Crippen LogP contribution in [0.2, 0.25) is 10.0 Å². The van der Waals surface area contributed by atoms with E-state index in [0.717, 1.165) is 4.47 Å². The van der Waals surface area contributed by atoms with Gasteiger partial charge in [0, 0.05) is 21.1 Å². The zero-order valence-electron chi connectivity index (χ0n) is 20.7. The first kappa shape index (κ1) is 27.6. The SMILES string of the molecule is COc1cc(C=Nn2c(C(C)C)nc3ccc(Br)cc3c2=O)cc(Cl)c1OCC(=O)Nc1ccc(Cl)cc1. The molecule has 11 heteroatoms. The van der Waals surface area contributed by atoms with Crippen molar-refractivity contribution in [1.29, 1.82) is 0 Å². The van der Waals surface area contributed by atoms with Gasteiger partial charge >= 0.3 is 0 Å². The summed E-state index contributed by atoms with van der Waals surface area (Å²) in [6, 6.07) is 15.3. The number of anilines is 1. The third-order valence-electron chi connectivity index (χ3n) is 5.40. The van der Waals surface area contributed by atoms with E-state index in [1.54, 1.807) is 48.5 Å². The summed E-state index contributed by atoms with van der Waals surface area (Å²) < 4.78 is 13.1. The summed E-state index contributed by atoms with van der Waals surface area (Å²) in [5, 5.41) is 8.35. The van der Waals surface area contributed by atoms with Gasteiger partial charge in [-0.1, -0.05) is 53.0 Å². The highest BCUT2D eigenvalue weighted by atomic mass is 79.9. The highest BCUT2D eigenvalue weighted by Crippen LogP contribution is 2.36. The average Bonchev–Trinajstić information content (AvgIpc) is 2.88. The van der Waals surface area contributed by atoms with Crippen molar-refractivity contribution in [2.24, 2.45) is 5.10 Å². The first-order valence-electron chi connectivity index (χ1n) is 11.5. The van der Waals surface area contributed by atoms with E-state index in [1.807, 2.05) is 19.9 Å². The van der Waals surface area contributed by atoms with Crippen LogP contribution in [0.3, 0.4) is 0 Å². The van der Waals surface area contributed by atoms with Crippen LogP contribution in [0.5, 0.6) is 11.5 Å². The van der Waals surface area contributed by atoms with Crippen molar-refractivity contribution in [3.05, 3.63) is 90.9 Å². The molecule has 0 saturated carbocycles. The van der Waals surface area contributed by atoms with Crippen LogP contribution in [-0.4, -0.2) is 35.5 Å². The Balaban J connectivity index is 1.58. The number of benzene rings is 3. The van der Waals surface area contributed by atoms with E-state index in [1.165, 1.54) is 18.0 Å². The summed E-state index contributed by atoms with van der Waals surface area (Å²) in [6.45, 7) is 3.58. The lowest BCUT2D eigenvalue weighted by molar-refractivity contribution is -0.118. The minimum absolute atomic E-state index is 0.0548. The van der Waals surface area contributed by atoms with Crippen molar-refractivity contribution in [2.45, 2.75) is 19.8 Å². The Morgan fingerprint density at radius 2 is 1.89 bits per heavy atom. The Labute approximate surface area is 237 Å². The van der Waals surface area contributed by atoms with Crippen molar-refractivity contribution >= 4 is 67.8 Å². The van der Waals surface area contributed by atoms with Crippen LogP contribution in [0, 0.1) is 0 Å². The first-order valence-corrected chi connectivity index (χ1v) is 13.0. The molecule has 0 fully saturated rings. The molecule has 0 bridgehead atoms. The number of aromatic nitrogens is 2. The maximum Gasteiger partial charge on any atom is 0.282 e. The van der Waals surface area contributed by atoms with Crippen LogP contribution in [0.1, 0.15) is 31.2 Å². The highest BCUT2D eigenvalue weighted by Gasteiger charge is 2.16. The molecule has 4 aromatic rings. The normalized spacial score (nSPS) is 11.3. The molecule has 8 nitrogen and oxygen atoms in total. The minimum atomic E-state index is -0.382. The number of hydrogen-bond donors (Lipinski definition) is 1. The number of methoxy groups -OCH3 is 1. The Morgan fingerprint density at radius 1 is 1.16 bits per heavy atom. The molecule has 1 aromatic heterocycles. The maximum atomic E-state index is 13.2. The van der Waals surface area contributed by atoms with Crippen molar-refractivity contribution in [3.63, 3.8) is 0 Å². The van der Waals surface area contributed by atoms with Gasteiger partial charge in [0.05, 0.1) is 29.2 Å². The van der Waals surface area contributed by atoms with Gasteiger partial charge in [0.1, 0.15) is 5.82 Å². The number of amides is 1. The number of fused-ring (bicyclic) bond motifs is 1. The summed E-state index contributed by atoms with van der Waals surface area (Å²) >= 11 is 15.7. The Kier molecular flexibility index (Phi) is 8.71. The Hall–Kier alpha value is -3.40. The lowest BCUT2D eigenvalue weighted by Crippen LogP contribution is -2.23. The molecule has 1 heterocycles. The van der Waals surface area contributed by atoms with E-state index >= 15 is 0 Å². The highest BCUT2D eigenvalue weighted by molar-refractivity contribution is 9.10. The molecule has 3 aromatic carbocycles. The second-order valence-corrected chi connectivity index (χ2v) is 10.3. The standard InChI is InChI=1S/C27H23BrCl2N4O4/c1-15(2)26-33-22-9-4-17(28)12-20(22)27(36)34(26)31-13-16-10-21(30)25(23(11-16)37-3)38-14-24(35)32-19-7-5-18(29)6-8-19/h4-13,15H,14H2,1-3H3,(H,32,35). The Bertz CT molecular complexity index is 1590. The lowest BCUT2D eigenvalue weighted by Gasteiger charge is -2.14. The molecule has 4 rings (SSSR count). The zero-order chi connectivity index (χ0) is 27.4. The molecule has 0 aliphatic rings. The summed E-state index contributed by atoms with van der Waals surface area (Å²) in [5.41, 5.74) is 1.44. The number of hydrogen-bond acceptors (Lipinski definition) is 6. The van der Waals surface area contributed by atoms with Crippen LogP contribution in [0.15, 0.2) is 69.0 Å². The van der Waals surface area contributed by atoms with Gasteiger partial charge in [0.15, 0.2) is 18.1 Å². The van der Waals surface area contributed by atoms with Gasteiger partial charge in [-0.05, 0) is 60.2 Å². The Morgan fingerprint density at radius 3 is 2.58 bits per heavy atom. The second kappa shape index (κ2) is 12.0. The summed E-state index contributed by atoms with van der Waals surface area (Å²) in [5.74, 6) is 0.587. The molecule has 0 saturated heterocycles. The van der Waals surface area contributed by atoms with Gasteiger partial charge in [0.25, 0.3) is 11.5 Å². The van der Waals surface area contributed by atoms with E-state index in [-0.39, 0.29) is 34.8 Å². The van der Waals surface area contributed by atoms with Crippen molar-refractivity contribution in [1.82, 2.24) is 9.66 Å². The van der Waals surface area contributed by atoms with Crippen LogP contribution in [0.25, 0.3) is 10.9 Å². The van der Waals surface area contributed by atoms with E-state index in [0.29, 0.717) is 38.8 Å². The van der Waals surface area contributed by atoms with Crippen LogP contribution < -0.4 is 20.3 Å². The number of carbonyl (C=O) groups excluding carboxylic acids is 1. The molecule has 1 amide bonds. The number of halogens is 3. The zero-order valence-corrected chi connectivity index (χ0v) is 23.8. The summed E-state index contributed by atoms with van der Waals surface area (Å²) in [6.07, 6.45) is 1.49. The number of carbonyl (C=O) groups is 1. The van der Waals surface area contributed by atoms with Crippen molar-refractivity contribution in [3.8, 4) is 11.5 Å². The fourth-order valence-corrected chi connectivity index (χ4v) is 4.36. The fourth-order valence-electron chi connectivity index (χ4n) is 3.60. The van der Waals surface area contributed by atoms with Crippen LogP contribution in [-0.2, 0) is 4.79 Å². The average molecular weight is 618 g/mol. The molecule has 1 N–H and O–H groups in total. The third-order valence-corrected chi connectivity index (χ3v) is 6.43. The van der Waals surface area contributed by atoms with Crippen LogP contribution >= 0.6 is 39.1 Å². The van der Waals surface area contributed by atoms with E-state index in [4.69, 9.17) is 32.7 Å². The van der Waals surface area contributed by atoms with Crippen molar-refractivity contribution in [2.75, 3.05) is 19.0 Å². The van der Waals surface area contributed by atoms with Gasteiger partial charge in [-0.3, -0.25) is 9.59 Å². The number of ether oxygens (including phenoxy) is 2. The summed E-state index contributed by atoms with van der Waals surface area (Å²) in [4.78, 5) is 30.2. The number of rotatable bonds is 8. The molecule has 0 atom stereocenters. The molecule has 0 aliphatic heterocycles. The van der Waals surface area contributed by atoms with Crippen LogP contribution in [0.4, 0.5) is 5.69 Å².